The van der Waals surface area contributed by atoms with Gasteiger partial charge in [0.1, 0.15) is 10.1 Å². The van der Waals surface area contributed by atoms with Crippen molar-refractivity contribution in [2.24, 2.45) is 0 Å². The lowest BCUT2D eigenvalue weighted by Gasteiger charge is -2.39. The molecule has 232 valence electrons. The molecule has 0 aliphatic carbocycles. The van der Waals surface area contributed by atoms with Crippen LogP contribution in [0.15, 0.2) is 59.5 Å². The topological polar surface area (TPSA) is 89.5 Å². The molecule has 1 atom stereocenters. The summed E-state index contributed by atoms with van der Waals surface area (Å²) in [5.41, 5.74) is 1.67. The quantitative estimate of drug-likeness (QED) is 0.0830. The fourth-order valence-corrected chi connectivity index (χ4v) is 5.12. The van der Waals surface area contributed by atoms with Gasteiger partial charge >= 0.3 is 0 Å². The number of carbonyl (C=O) groups is 1. The third kappa shape index (κ3) is 16.7. The molecule has 0 radical (unpaired) electrons. The normalized spacial score (nSPS) is 12.9. The van der Waals surface area contributed by atoms with Gasteiger partial charge in [0.2, 0.25) is 0 Å². The molecular weight excluding hydrogens is 534 g/mol. The van der Waals surface area contributed by atoms with Crippen LogP contribution in [0, 0.1) is 6.92 Å². The van der Waals surface area contributed by atoms with Gasteiger partial charge in [-0.2, -0.15) is 5.01 Å². The predicted octanol–water partition coefficient (Wildman–Crippen LogP) is 6.94. The van der Waals surface area contributed by atoms with Gasteiger partial charge in [0.05, 0.1) is 25.0 Å². The average molecular weight is 590 g/mol. The summed E-state index contributed by atoms with van der Waals surface area (Å²) in [6.07, 6.45) is 16.2. The lowest BCUT2D eigenvalue weighted by molar-refractivity contribution is -1.01. The van der Waals surface area contributed by atoms with Gasteiger partial charge in [0, 0.05) is 32.6 Å². The summed E-state index contributed by atoms with van der Waals surface area (Å²) in [5, 5.41) is 5.37. The smallest absolute Gasteiger partial charge is 0.251 e. The number of amides is 1. The number of carbonyl (C=O) groups excluding carboxylic acids is 1. The highest BCUT2D eigenvalue weighted by atomic mass is 32.2. The minimum atomic E-state index is -4.27. The van der Waals surface area contributed by atoms with Gasteiger partial charge in [-0.25, -0.2) is 13.0 Å². The van der Waals surface area contributed by atoms with Crippen LogP contribution in [0.3, 0.4) is 0 Å². The third-order valence-corrected chi connectivity index (χ3v) is 8.51. The van der Waals surface area contributed by atoms with E-state index in [1.54, 1.807) is 12.1 Å². The third-order valence-electron chi connectivity index (χ3n) is 7.66. The second-order valence-corrected chi connectivity index (χ2v) is 12.8. The summed E-state index contributed by atoms with van der Waals surface area (Å²) >= 11 is 0. The van der Waals surface area contributed by atoms with Crippen molar-refractivity contribution in [1.82, 2.24) is 10.3 Å². The number of hydrogen-bond donors (Lipinski definition) is 1. The van der Waals surface area contributed by atoms with Crippen molar-refractivity contribution in [1.29, 1.82) is 0 Å². The van der Waals surface area contributed by atoms with Crippen LogP contribution in [0.4, 0.5) is 0 Å². The van der Waals surface area contributed by atoms with Gasteiger partial charge in [-0.15, -0.1) is 0 Å². The highest BCUT2D eigenvalue weighted by Crippen LogP contribution is 2.14. The van der Waals surface area contributed by atoms with E-state index in [1.165, 1.54) is 89.3 Å². The van der Waals surface area contributed by atoms with E-state index in [4.69, 9.17) is 0 Å². The van der Waals surface area contributed by atoms with Crippen molar-refractivity contribution < 1.29 is 22.4 Å². The molecule has 1 amide bonds. The van der Waals surface area contributed by atoms with Crippen molar-refractivity contribution in [3.05, 3.63) is 65.7 Å². The second-order valence-electron chi connectivity index (χ2n) is 11.4. The Kier molecular flexibility index (Phi) is 18.5. The molecule has 1 unspecified atom stereocenters. The lowest BCUT2D eigenvalue weighted by Crippen LogP contribution is -2.55. The summed E-state index contributed by atoms with van der Waals surface area (Å²) in [6, 6.07) is 15.3. The van der Waals surface area contributed by atoms with E-state index in [9.17, 15) is 17.8 Å². The van der Waals surface area contributed by atoms with Crippen LogP contribution in [0.5, 0.6) is 0 Å². The molecule has 0 aliphatic heterocycles. The van der Waals surface area contributed by atoms with Crippen molar-refractivity contribution in [3.8, 4) is 0 Å². The molecule has 0 fully saturated rings. The molecule has 2 rings (SSSR count). The molecule has 2 aromatic carbocycles. The van der Waals surface area contributed by atoms with Gasteiger partial charge < -0.3 is 9.87 Å². The number of nitrogens with zero attached hydrogens (tertiary/aromatic N) is 2. The number of quaternary nitrogens is 1. The molecule has 0 bridgehead atoms. The second kappa shape index (κ2) is 20.6. The maximum absolute atomic E-state index is 12.2. The van der Waals surface area contributed by atoms with E-state index in [1.807, 2.05) is 37.3 Å². The molecule has 8 heteroatoms. The molecule has 2 aromatic rings. The monoisotopic (exact) mass is 589 g/mol. The molecule has 0 heterocycles. The minimum absolute atomic E-state index is 0.0278. The fraction of sp³-hybridized carbons (Fsp3) is 0.606. The van der Waals surface area contributed by atoms with Crippen LogP contribution in [-0.2, 0) is 10.1 Å². The number of hydrogen-bond acceptors (Lipinski definition) is 5. The van der Waals surface area contributed by atoms with Crippen molar-refractivity contribution in [2.45, 2.75) is 95.8 Å². The summed E-state index contributed by atoms with van der Waals surface area (Å²) in [4.78, 5) is 12.0. The van der Waals surface area contributed by atoms with E-state index >= 15 is 0 Å². The first kappa shape index (κ1) is 36.8. The number of nitrogens with one attached hydrogen (secondary N) is 1. The summed E-state index contributed by atoms with van der Waals surface area (Å²) in [6.45, 7) is 7.06. The van der Waals surface area contributed by atoms with Gasteiger partial charge in [-0.05, 0) is 44.0 Å². The van der Waals surface area contributed by atoms with Crippen molar-refractivity contribution >= 4 is 16.0 Å². The zero-order chi connectivity index (χ0) is 30.6. The van der Waals surface area contributed by atoms with Gasteiger partial charge in [-0.3, -0.25) is 4.79 Å². The Morgan fingerprint density at radius 1 is 0.780 bits per heavy atom. The number of aryl methyl sites for hydroxylation is 1. The molecule has 0 aromatic heterocycles. The SMILES string of the molecule is CCCCCCCCCCCCC[N+](C)(CCCNC(=O)c1ccccc1)N(C)C.Cc1ccc(S(=O)(=O)[O-])cc1. The van der Waals surface area contributed by atoms with Crippen LogP contribution >= 0.6 is 0 Å². The van der Waals surface area contributed by atoms with Crippen LogP contribution in [-0.4, -0.2) is 69.3 Å². The van der Waals surface area contributed by atoms with Crippen LogP contribution in [0.1, 0.15) is 99.9 Å². The van der Waals surface area contributed by atoms with Crippen LogP contribution in [0.25, 0.3) is 0 Å². The zero-order valence-corrected chi connectivity index (χ0v) is 27.1. The Morgan fingerprint density at radius 3 is 1.76 bits per heavy atom. The maximum atomic E-state index is 12.2. The number of benzene rings is 2. The molecule has 0 spiro atoms. The van der Waals surface area contributed by atoms with Gasteiger partial charge in [-0.1, -0.05) is 101 Å². The first-order chi connectivity index (χ1) is 19.5. The first-order valence-electron chi connectivity index (χ1n) is 15.4. The minimum Gasteiger partial charge on any atom is -0.744 e. The predicted molar refractivity (Wildman–Crippen MR) is 169 cm³/mol. The molecule has 1 N–H and O–H groups in total. The number of unbranched alkanes of at least 4 members (excludes halogenated alkanes) is 10. The van der Waals surface area contributed by atoms with Gasteiger partial charge in [0.25, 0.3) is 5.91 Å². The summed E-state index contributed by atoms with van der Waals surface area (Å²) < 4.78 is 32.1. The van der Waals surface area contributed by atoms with Crippen LogP contribution in [0.2, 0.25) is 0 Å². The molecule has 0 saturated carbocycles. The Labute approximate surface area is 250 Å². The van der Waals surface area contributed by atoms with E-state index in [-0.39, 0.29) is 10.8 Å². The zero-order valence-electron chi connectivity index (χ0n) is 26.2. The molecule has 0 saturated heterocycles. The summed E-state index contributed by atoms with van der Waals surface area (Å²) in [7, 11) is 2.38. The number of rotatable bonds is 19. The van der Waals surface area contributed by atoms with Crippen molar-refractivity contribution in [3.63, 3.8) is 0 Å². The standard InChI is InChI=1S/C26H47N3O.C7H8O3S/c1-5-6-7-8-9-10-11-12-13-14-18-23-29(4,28(2)3)24-19-22-27-26(30)25-20-16-15-17-21-25;1-6-2-4-7(5-3-6)11(8,9)10/h15-17,20-21H,5-14,18-19,22-24H2,1-4H3;2-5H,1H3,(H,8,9,10). The molecular formula is C33H55N3O4S. The van der Waals surface area contributed by atoms with E-state index < -0.39 is 10.1 Å². The highest BCUT2D eigenvalue weighted by molar-refractivity contribution is 7.85. The molecule has 7 nitrogen and oxygen atoms in total. The lowest BCUT2D eigenvalue weighted by atomic mass is 10.1. The Hall–Kier alpha value is -2.26. The van der Waals surface area contributed by atoms with E-state index in [2.05, 4.69) is 38.4 Å². The summed E-state index contributed by atoms with van der Waals surface area (Å²) in [5.74, 6) is 0.0278. The average Bonchev–Trinajstić information content (AvgIpc) is 2.94. The molecule has 0 aliphatic rings. The van der Waals surface area contributed by atoms with E-state index in [0.29, 0.717) is 0 Å². The first-order valence-corrected chi connectivity index (χ1v) is 16.8. The largest absolute Gasteiger partial charge is 0.744 e. The Morgan fingerprint density at radius 2 is 1.27 bits per heavy atom. The highest BCUT2D eigenvalue weighted by Gasteiger charge is 2.24. The van der Waals surface area contributed by atoms with Gasteiger partial charge in [0.15, 0.2) is 0 Å². The van der Waals surface area contributed by atoms with Crippen molar-refractivity contribution in [2.75, 3.05) is 40.8 Å². The van der Waals surface area contributed by atoms with E-state index in [0.717, 1.165) is 35.2 Å². The fourth-order valence-electron chi connectivity index (χ4n) is 4.65. The Balaban J connectivity index is 0.000000634. The molecule has 41 heavy (non-hydrogen) atoms. The Bertz CT molecular complexity index is 1060. The maximum Gasteiger partial charge on any atom is 0.251 e. The van der Waals surface area contributed by atoms with Crippen LogP contribution < -0.4 is 5.32 Å².